The highest BCUT2D eigenvalue weighted by Gasteiger charge is 2.31. The SMILES string of the molecule is Cc1ccc(NC(=O)[C@@H](c2ccccc2)N2CCN(CC(=O)NC3CC3)CC2)cc1Cl. The quantitative estimate of drug-likeness (QED) is 0.693. The van der Waals surface area contributed by atoms with Crippen molar-refractivity contribution in [3.8, 4) is 0 Å². The summed E-state index contributed by atoms with van der Waals surface area (Å²) in [5, 5.41) is 6.71. The summed E-state index contributed by atoms with van der Waals surface area (Å²) < 4.78 is 0. The van der Waals surface area contributed by atoms with E-state index in [-0.39, 0.29) is 11.8 Å². The number of amides is 2. The second kappa shape index (κ2) is 9.81. The van der Waals surface area contributed by atoms with Crippen LogP contribution in [0, 0.1) is 6.92 Å². The maximum absolute atomic E-state index is 13.3. The number of aryl methyl sites for hydroxylation is 1. The normalized spacial score (nSPS) is 18.4. The molecule has 4 rings (SSSR count). The van der Waals surface area contributed by atoms with Crippen LogP contribution >= 0.6 is 11.6 Å². The number of nitrogens with zero attached hydrogens (tertiary/aromatic N) is 2. The molecule has 1 heterocycles. The van der Waals surface area contributed by atoms with Gasteiger partial charge in [-0.2, -0.15) is 0 Å². The molecule has 1 atom stereocenters. The minimum atomic E-state index is -0.399. The summed E-state index contributed by atoms with van der Waals surface area (Å²) in [6.07, 6.45) is 2.19. The summed E-state index contributed by atoms with van der Waals surface area (Å²) >= 11 is 6.24. The highest BCUT2D eigenvalue weighted by molar-refractivity contribution is 6.31. The van der Waals surface area contributed by atoms with E-state index in [9.17, 15) is 9.59 Å². The fraction of sp³-hybridized carbons (Fsp3) is 0.417. The number of carbonyl (C=O) groups excluding carboxylic acids is 2. The first-order valence-electron chi connectivity index (χ1n) is 10.9. The average molecular weight is 441 g/mol. The zero-order chi connectivity index (χ0) is 21.8. The summed E-state index contributed by atoms with van der Waals surface area (Å²) in [5.41, 5.74) is 2.62. The van der Waals surface area contributed by atoms with Gasteiger partial charge in [0, 0.05) is 42.9 Å². The lowest BCUT2D eigenvalue weighted by Crippen LogP contribution is -2.52. The molecule has 0 spiro atoms. The molecule has 31 heavy (non-hydrogen) atoms. The third-order valence-electron chi connectivity index (χ3n) is 5.88. The fourth-order valence-electron chi connectivity index (χ4n) is 3.93. The van der Waals surface area contributed by atoms with Gasteiger partial charge in [-0.15, -0.1) is 0 Å². The van der Waals surface area contributed by atoms with E-state index in [4.69, 9.17) is 11.6 Å². The minimum Gasteiger partial charge on any atom is -0.352 e. The predicted molar refractivity (Wildman–Crippen MR) is 123 cm³/mol. The van der Waals surface area contributed by atoms with Crippen molar-refractivity contribution in [2.24, 2.45) is 0 Å². The van der Waals surface area contributed by atoms with Gasteiger partial charge < -0.3 is 10.6 Å². The zero-order valence-corrected chi connectivity index (χ0v) is 18.6. The van der Waals surface area contributed by atoms with Crippen molar-refractivity contribution < 1.29 is 9.59 Å². The second-order valence-electron chi connectivity index (χ2n) is 8.42. The Morgan fingerprint density at radius 3 is 2.42 bits per heavy atom. The molecule has 7 heteroatoms. The van der Waals surface area contributed by atoms with Crippen molar-refractivity contribution in [2.75, 3.05) is 38.0 Å². The Labute approximate surface area is 188 Å². The van der Waals surface area contributed by atoms with Gasteiger partial charge in [-0.25, -0.2) is 0 Å². The number of rotatable bonds is 7. The summed E-state index contributed by atoms with van der Waals surface area (Å²) in [7, 11) is 0. The van der Waals surface area contributed by atoms with Crippen molar-refractivity contribution in [2.45, 2.75) is 31.8 Å². The Balaban J connectivity index is 1.42. The number of anilines is 1. The molecule has 2 fully saturated rings. The van der Waals surface area contributed by atoms with E-state index in [0.717, 1.165) is 50.1 Å². The van der Waals surface area contributed by atoms with Crippen LogP contribution in [0.2, 0.25) is 5.02 Å². The Bertz CT molecular complexity index is 924. The lowest BCUT2D eigenvalue weighted by molar-refractivity contribution is -0.125. The lowest BCUT2D eigenvalue weighted by atomic mass is 10.0. The zero-order valence-electron chi connectivity index (χ0n) is 17.8. The first kappa shape index (κ1) is 21.8. The summed E-state index contributed by atoms with van der Waals surface area (Å²) in [6, 6.07) is 15.4. The number of benzene rings is 2. The maximum atomic E-state index is 13.3. The van der Waals surface area contributed by atoms with E-state index in [1.807, 2.05) is 49.4 Å². The Hall–Kier alpha value is -2.41. The third kappa shape index (κ3) is 5.85. The first-order chi connectivity index (χ1) is 15.0. The summed E-state index contributed by atoms with van der Waals surface area (Å²) in [4.78, 5) is 29.8. The Morgan fingerprint density at radius 2 is 1.77 bits per heavy atom. The average Bonchev–Trinajstić information content (AvgIpc) is 3.57. The largest absolute Gasteiger partial charge is 0.352 e. The van der Waals surface area contributed by atoms with Gasteiger partial charge in [0.15, 0.2) is 0 Å². The predicted octanol–water partition coefficient (Wildman–Crippen LogP) is 3.22. The van der Waals surface area contributed by atoms with E-state index < -0.39 is 6.04 Å². The van der Waals surface area contributed by atoms with Crippen LogP contribution in [0.25, 0.3) is 0 Å². The molecule has 2 aromatic rings. The van der Waals surface area contributed by atoms with Crippen LogP contribution in [0.1, 0.15) is 30.0 Å². The summed E-state index contributed by atoms with van der Waals surface area (Å²) in [6.45, 7) is 5.31. The van der Waals surface area contributed by atoms with Crippen LogP contribution in [0.15, 0.2) is 48.5 Å². The van der Waals surface area contributed by atoms with Gasteiger partial charge in [-0.05, 0) is 43.0 Å². The van der Waals surface area contributed by atoms with Gasteiger partial charge in [0.2, 0.25) is 11.8 Å². The molecule has 1 aliphatic carbocycles. The standard InChI is InChI=1S/C24H29ClN4O2/c1-17-7-8-20(15-21(17)25)27-24(31)23(18-5-3-2-4-6-18)29-13-11-28(12-14-29)16-22(30)26-19-9-10-19/h2-8,15,19,23H,9-14,16H2,1H3,(H,26,30)(H,27,31)/t23-/m1/s1. The van der Waals surface area contributed by atoms with Gasteiger partial charge in [0.25, 0.3) is 0 Å². The Kier molecular flexibility index (Phi) is 6.90. The van der Waals surface area contributed by atoms with Crippen molar-refractivity contribution in [3.05, 3.63) is 64.7 Å². The van der Waals surface area contributed by atoms with Crippen molar-refractivity contribution in [1.82, 2.24) is 15.1 Å². The maximum Gasteiger partial charge on any atom is 0.246 e. The highest BCUT2D eigenvalue weighted by Crippen LogP contribution is 2.26. The highest BCUT2D eigenvalue weighted by atomic mass is 35.5. The van der Waals surface area contributed by atoms with E-state index in [1.165, 1.54) is 0 Å². The monoisotopic (exact) mass is 440 g/mol. The van der Waals surface area contributed by atoms with Crippen LogP contribution in [-0.2, 0) is 9.59 Å². The molecule has 164 valence electrons. The molecule has 1 aliphatic heterocycles. The van der Waals surface area contributed by atoms with Crippen LogP contribution < -0.4 is 10.6 Å². The molecule has 2 aliphatic rings. The van der Waals surface area contributed by atoms with E-state index >= 15 is 0 Å². The molecular formula is C24H29ClN4O2. The third-order valence-corrected chi connectivity index (χ3v) is 6.29. The fourth-order valence-corrected chi connectivity index (χ4v) is 4.11. The van der Waals surface area contributed by atoms with Gasteiger partial charge in [-0.1, -0.05) is 48.0 Å². The molecule has 0 radical (unpaired) electrons. The number of hydrogen-bond acceptors (Lipinski definition) is 4. The lowest BCUT2D eigenvalue weighted by Gasteiger charge is -2.38. The number of hydrogen-bond donors (Lipinski definition) is 2. The molecule has 1 saturated heterocycles. The first-order valence-corrected chi connectivity index (χ1v) is 11.2. The van der Waals surface area contributed by atoms with Gasteiger partial charge in [-0.3, -0.25) is 19.4 Å². The number of piperazine rings is 1. The van der Waals surface area contributed by atoms with Crippen molar-refractivity contribution >= 4 is 29.1 Å². The van der Waals surface area contributed by atoms with Crippen LogP contribution in [0.5, 0.6) is 0 Å². The number of carbonyl (C=O) groups is 2. The second-order valence-corrected chi connectivity index (χ2v) is 8.83. The molecule has 2 aromatic carbocycles. The topological polar surface area (TPSA) is 64.7 Å². The Morgan fingerprint density at radius 1 is 1.06 bits per heavy atom. The molecule has 1 saturated carbocycles. The smallest absolute Gasteiger partial charge is 0.246 e. The van der Waals surface area contributed by atoms with Crippen molar-refractivity contribution in [3.63, 3.8) is 0 Å². The number of nitrogens with one attached hydrogen (secondary N) is 2. The van der Waals surface area contributed by atoms with Crippen LogP contribution in [-0.4, -0.2) is 60.4 Å². The molecule has 2 N–H and O–H groups in total. The minimum absolute atomic E-state index is 0.0777. The molecule has 6 nitrogen and oxygen atoms in total. The molecule has 2 amide bonds. The van der Waals surface area contributed by atoms with E-state index in [1.54, 1.807) is 6.07 Å². The van der Waals surface area contributed by atoms with Gasteiger partial charge in [0.05, 0.1) is 6.54 Å². The molecular weight excluding hydrogens is 412 g/mol. The molecule has 0 bridgehead atoms. The van der Waals surface area contributed by atoms with Crippen molar-refractivity contribution in [1.29, 1.82) is 0 Å². The number of halogens is 1. The van der Waals surface area contributed by atoms with Crippen LogP contribution in [0.3, 0.4) is 0 Å². The molecule has 0 unspecified atom stereocenters. The van der Waals surface area contributed by atoms with Gasteiger partial charge in [0.1, 0.15) is 6.04 Å². The van der Waals surface area contributed by atoms with E-state index in [0.29, 0.717) is 23.3 Å². The summed E-state index contributed by atoms with van der Waals surface area (Å²) in [5.74, 6) is 0.0237. The van der Waals surface area contributed by atoms with Crippen LogP contribution in [0.4, 0.5) is 5.69 Å². The van der Waals surface area contributed by atoms with E-state index in [2.05, 4.69) is 20.4 Å². The van der Waals surface area contributed by atoms with Gasteiger partial charge >= 0.3 is 0 Å². The molecule has 0 aromatic heterocycles.